The van der Waals surface area contributed by atoms with Gasteiger partial charge in [0.15, 0.2) is 0 Å². The Balaban J connectivity index is 2.13. The SMILES string of the molecule is CCNC(Cc1nc(C)c(C)s1)c1ncn[nH]1. The van der Waals surface area contributed by atoms with Crippen LogP contribution in [-0.2, 0) is 6.42 Å². The second-order valence-electron chi connectivity index (χ2n) is 3.93. The molecular weight excluding hydrogens is 234 g/mol. The molecule has 2 aromatic heterocycles. The van der Waals surface area contributed by atoms with Crippen LogP contribution in [0.1, 0.15) is 34.4 Å². The second-order valence-corrected chi connectivity index (χ2v) is 5.22. The van der Waals surface area contributed by atoms with Gasteiger partial charge in [0.2, 0.25) is 0 Å². The fraction of sp³-hybridized carbons (Fsp3) is 0.545. The Labute approximate surface area is 105 Å². The average molecular weight is 251 g/mol. The number of nitrogens with one attached hydrogen (secondary N) is 2. The monoisotopic (exact) mass is 251 g/mol. The molecule has 0 bridgehead atoms. The Kier molecular flexibility index (Phi) is 3.86. The minimum atomic E-state index is 0.160. The number of aromatic nitrogens is 4. The van der Waals surface area contributed by atoms with Gasteiger partial charge in [-0.25, -0.2) is 9.97 Å². The molecule has 2 rings (SSSR count). The molecule has 0 saturated carbocycles. The lowest BCUT2D eigenvalue weighted by molar-refractivity contribution is 0.522. The summed E-state index contributed by atoms with van der Waals surface area (Å²) in [5.41, 5.74) is 1.12. The topological polar surface area (TPSA) is 66.5 Å². The van der Waals surface area contributed by atoms with E-state index in [-0.39, 0.29) is 6.04 Å². The van der Waals surface area contributed by atoms with Gasteiger partial charge in [-0.1, -0.05) is 6.92 Å². The maximum Gasteiger partial charge on any atom is 0.141 e. The van der Waals surface area contributed by atoms with Gasteiger partial charge in [0, 0.05) is 11.3 Å². The summed E-state index contributed by atoms with van der Waals surface area (Å²) in [4.78, 5) is 10.1. The van der Waals surface area contributed by atoms with Crippen molar-refractivity contribution in [3.05, 3.63) is 27.7 Å². The largest absolute Gasteiger partial charge is 0.307 e. The summed E-state index contributed by atoms with van der Waals surface area (Å²) in [6.07, 6.45) is 2.39. The van der Waals surface area contributed by atoms with Gasteiger partial charge in [-0.3, -0.25) is 5.10 Å². The summed E-state index contributed by atoms with van der Waals surface area (Å²) in [6, 6.07) is 0.160. The van der Waals surface area contributed by atoms with E-state index >= 15 is 0 Å². The van der Waals surface area contributed by atoms with E-state index < -0.39 is 0 Å². The lowest BCUT2D eigenvalue weighted by Crippen LogP contribution is -2.24. The first kappa shape index (κ1) is 12.2. The Morgan fingerprint density at radius 3 is 2.82 bits per heavy atom. The van der Waals surface area contributed by atoms with E-state index in [9.17, 15) is 0 Å². The van der Waals surface area contributed by atoms with Gasteiger partial charge in [0.25, 0.3) is 0 Å². The summed E-state index contributed by atoms with van der Waals surface area (Å²) < 4.78 is 0. The molecule has 5 nitrogen and oxygen atoms in total. The number of H-pyrrole nitrogens is 1. The van der Waals surface area contributed by atoms with Crippen molar-refractivity contribution >= 4 is 11.3 Å². The molecule has 17 heavy (non-hydrogen) atoms. The summed E-state index contributed by atoms with van der Waals surface area (Å²) in [6.45, 7) is 7.13. The first-order chi connectivity index (χ1) is 8.20. The normalized spacial score (nSPS) is 12.9. The van der Waals surface area contributed by atoms with Crippen molar-refractivity contribution in [2.75, 3.05) is 6.54 Å². The number of nitrogens with zero attached hydrogens (tertiary/aromatic N) is 3. The highest BCUT2D eigenvalue weighted by Crippen LogP contribution is 2.21. The molecule has 2 N–H and O–H groups in total. The third kappa shape index (κ3) is 2.89. The van der Waals surface area contributed by atoms with Crippen molar-refractivity contribution in [2.45, 2.75) is 33.2 Å². The van der Waals surface area contributed by atoms with Crippen LogP contribution in [0.25, 0.3) is 0 Å². The number of thiazole rings is 1. The number of aryl methyl sites for hydroxylation is 2. The van der Waals surface area contributed by atoms with E-state index in [2.05, 4.69) is 39.3 Å². The summed E-state index contributed by atoms with van der Waals surface area (Å²) >= 11 is 1.75. The highest BCUT2D eigenvalue weighted by atomic mass is 32.1. The van der Waals surface area contributed by atoms with Gasteiger partial charge in [0.1, 0.15) is 12.2 Å². The van der Waals surface area contributed by atoms with Gasteiger partial charge >= 0.3 is 0 Å². The molecule has 0 aromatic carbocycles. The zero-order valence-corrected chi connectivity index (χ0v) is 11.1. The fourth-order valence-corrected chi connectivity index (χ4v) is 2.68. The maximum atomic E-state index is 4.56. The molecule has 1 unspecified atom stereocenters. The fourth-order valence-electron chi connectivity index (χ4n) is 1.70. The van der Waals surface area contributed by atoms with Gasteiger partial charge < -0.3 is 5.32 Å². The molecule has 92 valence electrons. The van der Waals surface area contributed by atoms with E-state index in [1.165, 1.54) is 11.2 Å². The molecule has 0 aliphatic rings. The molecule has 0 spiro atoms. The van der Waals surface area contributed by atoms with Crippen LogP contribution in [0, 0.1) is 13.8 Å². The number of likely N-dealkylation sites (N-methyl/N-ethyl adjacent to an activating group) is 1. The van der Waals surface area contributed by atoms with E-state index in [4.69, 9.17) is 0 Å². The van der Waals surface area contributed by atoms with E-state index in [0.717, 1.165) is 29.5 Å². The molecule has 0 amide bonds. The van der Waals surface area contributed by atoms with Gasteiger partial charge in [-0.2, -0.15) is 5.10 Å². The Hall–Kier alpha value is -1.27. The minimum absolute atomic E-state index is 0.160. The van der Waals surface area contributed by atoms with Crippen LogP contribution in [0.2, 0.25) is 0 Å². The van der Waals surface area contributed by atoms with Crippen LogP contribution in [-0.4, -0.2) is 26.7 Å². The smallest absolute Gasteiger partial charge is 0.141 e. The number of hydrogen-bond donors (Lipinski definition) is 2. The van der Waals surface area contributed by atoms with Gasteiger partial charge in [-0.05, 0) is 20.4 Å². The van der Waals surface area contributed by atoms with E-state index in [1.807, 2.05) is 6.92 Å². The number of rotatable bonds is 5. The zero-order valence-electron chi connectivity index (χ0n) is 10.3. The van der Waals surface area contributed by atoms with Gasteiger partial charge in [-0.15, -0.1) is 11.3 Å². The van der Waals surface area contributed by atoms with Gasteiger partial charge in [0.05, 0.1) is 16.7 Å². The lowest BCUT2D eigenvalue weighted by atomic mass is 10.2. The van der Waals surface area contributed by atoms with Crippen molar-refractivity contribution < 1.29 is 0 Å². The number of hydrogen-bond acceptors (Lipinski definition) is 5. The van der Waals surface area contributed by atoms with Crippen molar-refractivity contribution in [3.63, 3.8) is 0 Å². The highest BCUT2D eigenvalue weighted by molar-refractivity contribution is 7.11. The quantitative estimate of drug-likeness (QED) is 0.850. The maximum absolute atomic E-state index is 4.56. The standard InChI is InChI=1S/C11H17N5S/c1-4-12-9(11-13-6-14-16-11)5-10-15-7(2)8(3)17-10/h6,9,12H,4-5H2,1-3H3,(H,13,14,16). The molecule has 0 fully saturated rings. The highest BCUT2D eigenvalue weighted by Gasteiger charge is 2.16. The minimum Gasteiger partial charge on any atom is -0.307 e. The predicted molar refractivity (Wildman–Crippen MR) is 68.1 cm³/mol. The predicted octanol–water partition coefficient (Wildman–Crippen LogP) is 1.77. The Bertz CT molecular complexity index is 443. The van der Waals surface area contributed by atoms with E-state index in [1.54, 1.807) is 11.3 Å². The molecule has 2 aromatic rings. The summed E-state index contributed by atoms with van der Waals surface area (Å²) in [7, 11) is 0. The molecule has 0 saturated heterocycles. The van der Waals surface area contributed by atoms with Crippen molar-refractivity contribution in [1.29, 1.82) is 0 Å². The third-order valence-corrected chi connectivity index (χ3v) is 3.76. The molecule has 0 radical (unpaired) electrons. The van der Waals surface area contributed by atoms with Crippen LogP contribution in [0.5, 0.6) is 0 Å². The van der Waals surface area contributed by atoms with Crippen molar-refractivity contribution in [3.8, 4) is 0 Å². The molecule has 0 aliphatic carbocycles. The van der Waals surface area contributed by atoms with Crippen molar-refractivity contribution in [2.24, 2.45) is 0 Å². The molecule has 2 heterocycles. The lowest BCUT2D eigenvalue weighted by Gasteiger charge is -2.13. The molecule has 1 atom stereocenters. The van der Waals surface area contributed by atoms with E-state index in [0.29, 0.717) is 0 Å². The third-order valence-electron chi connectivity index (χ3n) is 2.67. The Morgan fingerprint density at radius 1 is 1.47 bits per heavy atom. The van der Waals surface area contributed by atoms with Crippen LogP contribution >= 0.6 is 11.3 Å². The molecule has 6 heteroatoms. The summed E-state index contributed by atoms with van der Waals surface area (Å²) in [5.74, 6) is 0.873. The summed E-state index contributed by atoms with van der Waals surface area (Å²) in [5, 5.41) is 11.3. The Morgan fingerprint density at radius 2 is 2.29 bits per heavy atom. The van der Waals surface area contributed by atoms with Crippen molar-refractivity contribution in [1.82, 2.24) is 25.5 Å². The van der Waals surface area contributed by atoms with Crippen LogP contribution in [0.3, 0.4) is 0 Å². The first-order valence-corrected chi connectivity index (χ1v) is 6.54. The van der Waals surface area contributed by atoms with Crippen LogP contribution in [0.15, 0.2) is 6.33 Å². The first-order valence-electron chi connectivity index (χ1n) is 5.72. The molecular formula is C11H17N5S. The molecule has 0 aliphatic heterocycles. The zero-order chi connectivity index (χ0) is 12.3. The number of aromatic amines is 1. The average Bonchev–Trinajstić information content (AvgIpc) is 2.89. The van der Waals surface area contributed by atoms with Crippen LogP contribution in [0.4, 0.5) is 0 Å². The van der Waals surface area contributed by atoms with Crippen LogP contribution < -0.4 is 5.32 Å². The second kappa shape index (κ2) is 5.37.